The van der Waals surface area contributed by atoms with E-state index in [0.717, 1.165) is 5.56 Å². The van der Waals surface area contributed by atoms with Gasteiger partial charge in [0.1, 0.15) is 18.4 Å². The minimum atomic E-state index is -4.10. The van der Waals surface area contributed by atoms with E-state index in [0.29, 0.717) is 15.1 Å². The lowest BCUT2D eigenvalue weighted by atomic mass is 10.2. The predicted molar refractivity (Wildman–Crippen MR) is 108 cm³/mol. The molecule has 0 spiro atoms. The second-order valence-electron chi connectivity index (χ2n) is 6.66. The summed E-state index contributed by atoms with van der Waals surface area (Å²) in [7, 11) is -4.10. The van der Waals surface area contributed by atoms with Crippen molar-refractivity contribution in [3.63, 3.8) is 0 Å². The molecule has 1 N–H and O–H groups in total. The molecule has 0 aromatic heterocycles. The molecule has 154 valence electrons. The Labute approximate surface area is 174 Å². The number of hydrogen-bond donors (Lipinski definition) is 1. The summed E-state index contributed by atoms with van der Waals surface area (Å²) in [5, 5.41) is 3.23. The molecule has 29 heavy (non-hydrogen) atoms. The van der Waals surface area contributed by atoms with Gasteiger partial charge in [-0.15, -0.1) is 0 Å². The van der Waals surface area contributed by atoms with Gasteiger partial charge in [0.25, 0.3) is 10.0 Å². The van der Waals surface area contributed by atoms with Crippen molar-refractivity contribution >= 4 is 33.4 Å². The van der Waals surface area contributed by atoms with Gasteiger partial charge in [0.15, 0.2) is 0 Å². The second kappa shape index (κ2) is 8.84. The molecule has 1 saturated heterocycles. The van der Waals surface area contributed by atoms with E-state index in [-0.39, 0.29) is 30.9 Å². The molecule has 7 nitrogen and oxygen atoms in total. The van der Waals surface area contributed by atoms with Gasteiger partial charge < -0.3 is 10.1 Å². The first-order valence-electron chi connectivity index (χ1n) is 9.09. The van der Waals surface area contributed by atoms with Crippen LogP contribution in [0.1, 0.15) is 18.4 Å². The van der Waals surface area contributed by atoms with E-state index in [1.54, 1.807) is 36.4 Å². The van der Waals surface area contributed by atoms with Crippen molar-refractivity contribution < 1.29 is 22.7 Å². The third-order valence-electron chi connectivity index (χ3n) is 4.52. The lowest BCUT2D eigenvalue weighted by Gasteiger charge is -2.23. The molecule has 1 atom stereocenters. The number of carbonyl (C=O) groups is 2. The number of carbonyl (C=O) groups excluding carboxylic acids is 2. The number of nitrogens with one attached hydrogen (secondary N) is 1. The van der Waals surface area contributed by atoms with Crippen LogP contribution in [-0.4, -0.2) is 43.7 Å². The molecule has 9 heteroatoms. The number of aryl methyl sites for hydroxylation is 1. The molecular weight excluding hydrogens is 416 g/mol. The van der Waals surface area contributed by atoms with Crippen molar-refractivity contribution in [2.75, 3.05) is 13.2 Å². The Kier molecular flexibility index (Phi) is 6.44. The van der Waals surface area contributed by atoms with E-state index in [4.69, 9.17) is 16.3 Å². The Hall–Kier alpha value is -2.58. The van der Waals surface area contributed by atoms with Gasteiger partial charge in [-0.2, -0.15) is 0 Å². The number of benzene rings is 2. The third kappa shape index (κ3) is 4.89. The molecule has 0 radical (unpaired) electrons. The average Bonchev–Trinajstić information content (AvgIpc) is 3.09. The zero-order valence-electron chi connectivity index (χ0n) is 15.8. The van der Waals surface area contributed by atoms with Crippen molar-refractivity contribution in [1.29, 1.82) is 0 Å². The Morgan fingerprint density at radius 1 is 1.17 bits per heavy atom. The van der Waals surface area contributed by atoms with Crippen LogP contribution in [0.4, 0.5) is 0 Å². The Balaban J connectivity index is 1.62. The topological polar surface area (TPSA) is 92.8 Å². The van der Waals surface area contributed by atoms with Gasteiger partial charge >= 0.3 is 0 Å². The highest BCUT2D eigenvalue weighted by molar-refractivity contribution is 7.89. The first-order chi connectivity index (χ1) is 13.8. The molecule has 1 aliphatic rings. The van der Waals surface area contributed by atoms with Gasteiger partial charge in [-0.25, -0.2) is 12.7 Å². The minimum absolute atomic E-state index is 0.00442. The molecule has 0 aliphatic carbocycles. The van der Waals surface area contributed by atoms with Gasteiger partial charge in [-0.3, -0.25) is 9.59 Å². The largest absolute Gasteiger partial charge is 0.492 e. The zero-order valence-corrected chi connectivity index (χ0v) is 17.4. The lowest BCUT2D eigenvalue weighted by molar-refractivity contribution is -0.130. The van der Waals surface area contributed by atoms with Crippen LogP contribution in [0.5, 0.6) is 5.75 Å². The van der Waals surface area contributed by atoms with Crippen LogP contribution in [0.15, 0.2) is 53.4 Å². The number of rotatable bonds is 7. The molecule has 1 heterocycles. The first-order valence-corrected chi connectivity index (χ1v) is 10.9. The fourth-order valence-corrected chi connectivity index (χ4v) is 4.74. The summed E-state index contributed by atoms with van der Waals surface area (Å²) in [4.78, 5) is 24.8. The number of ether oxygens (including phenoxy) is 1. The van der Waals surface area contributed by atoms with E-state index < -0.39 is 27.9 Å². The van der Waals surface area contributed by atoms with Crippen molar-refractivity contribution in [2.45, 2.75) is 30.7 Å². The molecular formula is C20H21ClN2O5S. The molecule has 3 rings (SSSR count). The quantitative estimate of drug-likeness (QED) is 0.673. The molecule has 2 aromatic rings. The zero-order chi connectivity index (χ0) is 21.0. The van der Waals surface area contributed by atoms with E-state index >= 15 is 0 Å². The summed E-state index contributed by atoms with van der Waals surface area (Å²) in [6.07, 6.45) is 0.151. The highest BCUT2D eigenvalue weighted by atomic mass is 35.5. The van der Waals surface area contributed by atoms with Crippen LogP contribution >= 0.6 is 11.6 Å². The smallest absolute Gasteiger partial charge is 0.267 e. The Bertz CT molecular complexity index is 991. The van der Waals surface area contributed by atoms with Crippen molar-refractivity contribution in [3.8, 4) is 5.75 Å². The number of hydrogen-bond acceptors (Lipinski definition) is 5. The molecule has 2 amide bonds. The van der Waals surface area contributed by atoms with Gasteiger partial charge in [-0.1, -0.05) is 29.3 Å². The van der Waals surface area contributed by atoms with Gasteiger partial charge in [0.05, 0.1) is 11.4 Å². The summed E-state index contributed by atoms with van der Waals surface area (Å²) in [6.45, 7) is 2.20. The van der Waals surface area contributed by atoms with Crippen molar-refractivity contribution in [1.82, 2.24) is 9.62 Å². The molecule has 1 aliphatic heterocycles. The second-order valence-corrected chi connectivity index (χ2v) is 8.91. The SMILES string of the molecule is Cc1ccc(S(=O)(=O)N2C(=O)CC[C@H]2C(=O)NCCOc2ccc(Cl)cc2)cc1. The highest BCUT2D eigenvalue weighted by Crippen LogP contribution is 2.27. The van der Waals surface area contributed by atoms with E-state index in [2.05, 4.69) is 5.32 Å². The van der Waals surface area contributed by atoms with E-state index in [9.17, 15) is 18.0 Å². The van der Waals surface area contributed by atoms with Crippen molar-refractivity contribution in [2.24, 2.45) is 0 Å². The maximum atomic E-state index is 12.9. The summed E-state index contributed by atoms with van der Waals surface area (Å²) in [5.74, 6) is -0.502. The Morgan fingerprint density at radius 3 is 2.48 bits per heavy atom. The van der Waals surface area contributed by atoms with Crippen LogP contribution in [0.3, 0.4) is 0 Å². The van der Waals surface area contributed by atoms with Crippen molar-refractivity contribution in [3.05, 3.63) is 59.1 Å². The lowest BCUT2D eigenvalue weighted by Crippen LogP contribution is -2.48. The maximum Gasteiger partial charge on any atom is 0.267 e. The number of halogens is 1. The molecule has 0 saturated carbocycles. The first kappa shape index (κ1) is 21.1. The Morgan fingerprint density at radius 2 is 1.83 bits per heavy atom. The van der Waals surface area contributed by atoms with Crippen LogP contribution in [0.25, 0.3) is 0 Å². The van der Waals surface area contributed by atoms with Gasteiger partial charge in [-0.05, 0) is 49.7 Å². The molecule has 2 aromatic carbocycles. The minimum Gasteiger partial charge on any atom is -0.492 e. The normalized spacial score (nSPS) is 16.7. The third-order valence-corrected chi connectivity index (χ3v) is 6.62. The number of sulfonamides is 1. The number of nitrogens with zero attached hydrogens (tertiary/aromatic N) is 1. The summed E-state index contributed by atoms with van der Waals surface area (Å²) >= 11 is 5.81. The fourth-order valence-electron chi connectivity index (χ4n) is 3.02. The maximum absolute atomic E-state index is 12.9. The predicted octanol–water partition coefficient (Wildman–Crippen LogP) is 2.52. The monoisotopic (exact) mass is 436 g/mol. The highest BCUT2D eigenvalue weighted by Gasteiger charge is 2.44. The van der Waals surface area contributed by atoms with Crippen LogP contribution in [0, 0.1) is 6.92 Å². The van der Waals surface area contributed by atoms with E-state index in [1.807, 2.05) is 6.92 Å². The van der Waals surface area contributed by atoms with E-state index in [1.165, 1.54) is 12.1 Å². The molecule has 0 bridgehead atoms. The van der Waals surface area contributed by atoms with Crippen LogP contribution < -0.4 is 10.1 Å². The van der Waals surface area contributed by atoms with Crippen LogP contribution in [-0.2, 0) is 19.6 Å². The van der Waals surface area contributed by atoms with Gasteiger partial charge in [0.2, 0.25) is 11.8 Å². The fraction of sp³-hybridized carbons (Fsp3) is 0.300. The van der Waals surface area contributed by atoms with Gasteiger partial charge in [0, 0.05) is 11.4 Å². The standard InChI is InChI=1S/C20H21ClN2O5S/c1-14-2-8-17(9-3-14)29(26,27)23-18(10-11-19(23)24)20(25)22-12-13-28-16-6-4-15(21)5-7-16/h2-9,18H,10-13H2,1H3,(H,22,25)/t18-/m0/s1. The number of amides is 2. The van der Waals surface area contributed by atoms with Crippen LogP contribution in [0.2, 0.25) is 5.02 Å². The average molecular weight is 437 g/mol. The molecule has 1 fully saturated rings. The summed E-state index contributed by atoms with van der Waals surface area (Å²) in [6, 6.07) is 11.9. The summed E-state index contributed by atoms with van der Waals surface area (Å²) < 4.78 is 32.0. The summed E-state index contributed by atoms with van der Waals surface area (Å²) in [5.41, 5.74) is 0.895. The molecule has 0 unspecified atom stereocenters.